The number of rotatable bonds is 2. The number of pyridine rings is 1. The van der Waals surface area contributed by atoms with E-state index in [1.54, 1.807) is 12.3 Å². The predicted molar refractivity (Wildman–Crippen MR) is 61.9 cm³/mol. The average Bonchev–Trinajstić information content (AvgIpc) is 2.06. The molecule has 0 saturated carbocycles. The lowest BCUT2D eigenvalue weighted by Crippen LogP contribution is -2.55. The molecule has 2 N–H and O–H groups in total. The predicted octanol–water partition coefficient (Wildman–Crippen LogP) is 1.56. The van der Waals surface area contributed by atoms with Crippen molar-refractivity contribution in [3.63, 3.8) is 0 Å². The van der Waals surface area contributed by atoms with Crippen molar-refractivity contribution in [1.82, 2.24) is 4.98 Å². The van der Waals surface area contributed by atoms with Crippen LogP contribution in [0.25, 0.3) is 0 Å². The molecule has 2 heterocycles. The summed E-state index contributed by atoms with van der Waals surface area (Å²) in [5.41, 5.74) is 5.26. The maximum Gasteiger partial charge on any atom is 0.240 e. The number of amides is 1. The van der Waals surface area contributed by atoms with Crippen molar-refractivity contribution in [3.05, 3.63) is 21.8 Å². The van der Waals surface area contributed by atoms with Crippen LogP contribution in [-0.4, -0.2) is 23.5 Å². The minimum Gasteiger partial charge on any atom is -0.368 e. The van der Waals surface area contributed by atoms with Crippen LogP contribution >= 0.6 is 27.5 Å². The second-order valence-corrected chi connectivity index (χ2v) is 4.65. The number of hydrogen-bond donors (Lipinski definition) is 1. The Morgan fingerprint density at radius 3 is 2.93 bits per heavy atom. The number of carbonyl (C=O) groups is 1. The maximum absolute atomic E-state index is 11.1. The highest BCUT2D eigenvalue weighted by molar-refractivity contribution is 9.10. The van der Waals surface area contributed by atoms with E-state index in [0.717, 1.165) is 23.3 Å². The average molecular weight is 291 g/mol. The first-order valence-corrected chi connectivity index (χ1v) is 5.63. The normalized spacial score (nSPS) is 19.9. The summed E-state index contributed by atoms with van der Waals surface area (Å²) in [5, 5.41) is 0.557. The quantitative estimate of drug-likeness (QED) is 0.899. The van der Waals surface area contributed by atoms with Gasteiger partial charge in [-0.1, -0.05) is 11.6 Å². The molecule has 1 fully saturated rings. The van der Waals surface area contributed by atoms with Gasteiger partial charge in [-0.25, -0.2) is 4.98 Å². The van der Waals surface area contributed by atoms with Crippen LogP contribution in [0.2, 0.25) is 5.02 Å². The number of hydrogen-bond acceptors (Lipinski definition) is 3. The number of primary amides is 1. The van der Waals surface area contributed by atoms with Crippen molar-refractivity contribution in [2.45, 2.75) is 12.5 Å². The molecule has 6 heteroatoms. The first-order valence-electron chi connectivity index (χ1n) is 4.46. The van der Waals surface area contributed by atoms with Gasteiger partial charge in [0.25, 0.3) is 0 Å². The van der Waals surface area contributed by atoms with Gasteiger partial charge in [0.1, 0.15) is 11.9 Å². The van der Waals surface area contributed by atoms with E-state index in [1.807, 2.05) is 4.90 Å². The number of carbonyl (C=O) groups excluding carboxylic acids is 1. The molecular formula is C9H9BrClN3O. The molecule has 1 unspecified atom stereocenters. The molecule has 0 bridgehead atoms. The van der Waals surface area contributed by atoms with Crippen molar-refractivity contribution in [2.75, 3.05) is 11.4 Å². The van der Waals surface area contributed by atoms with Gasteiger partial charge in [-0.3, -0.25) is 4.79 Å². The molecular weight excluding hydrogens is 281 g/mol. The summed E-state index contributed by atoms with van der Waals surface area (Å²) in [6.45, 7) is 0.792. The summed E-state index contributed by atoms with van der Waals surface area (Å²) >= 11 is 9.14. The molecule has 1 saturated heterocycles. The van der Waals surface area contributed by atoms with Gasteiger partial charge in [0, 0.05) is 12.7 Å². The first-order chi connectivity index (χ1) is 7.09. The number of nitrogens with two attached hydrogens (primary N) is 1. The Bertz CT molecular complexity index is 412. The summed E-state index contributed by atoms with van der Waals surface area (Å²) in [7, 11) is 0. The van der Waals surface area contributed by atoms with E-state index in [9.17, 15) is 4.79 Å². The molecule has 80 valence electrons. The van der Waals surface area contributed by atoms with E-state index in [0.29, 0.717) is 5.02 Å². The minimum atomic E-state index is -0.315. The monoisotopic (exact) mass is 289 g/mol. The van der Waals surface area contributed by atoms with E-state index in [-0.39, 0.29) is 11.9 Å². The van der Waals surface area contributed by atoms with E-state index in [2.05, 4.69) is 20.9 Å². The number of nitrogens with zero attached hydrogens (tertiary/aromatic N) is 2. The van der Waals surface area contributed by atoms with Gasteiger partial charge in [-0.05, 0) is 28.4 Å². The Hall–Kier alpha value is -0.810. The molecule has 1 aromatic rings. The third-order valence-electron chi connectivity index (χ3n) is 2.41. The molecule has 0 radical (unpaired) electrons. The zero-order chi connectivity index (χ0) is 11.0. The lowest BCUT2D eigenvalue weighted by Gasteiger charge is -2.40. The van der Waals surface area contributed by atoms with Crippen molar-refractivity contribution < 1.29 is 4.79 Å². The summed E-state index contributed by atoms with van der Waals surface area (Å²) in [5.74, 6) is 0.402. The van der Waals surface area contributed by atoms with E-state index in [1.165, 1.54) is 0 Å². The second kappa shape index (κ2) is 3.98. The molecule has 15 heavy (non-hydrogen) atoms. The lowest BCUT2D eigenvalue weighted by molar-refractivity contribution is -0.120. The van der Waals surface area contributed by atoms with Crippen molar-refractivity contribution in [2.24, 2.45) is 5.73 Å². The Balaban J connectivity index is 2.27. The largest absolute Gasteiger partial charge is 0.368 e. The SMILES string of the molecule is NC(=O)C1CCN1c1ncc(Cl)cc1Br. The highest BCUT2D eigenvalue weighted by atomic mass is 79.9. The molecule has 1 amide bonds. The van der Waals surface area contributed by atoms with Crippen molar-refractivity contribution >= 4 is 39.3 Å². The van der Waals surface area contributed by atoms with Gasteiger partial charge < -0.3 is 10.6 Å². The molecule has 1 atom stereocenters. The van der Waals surface area contributed by atoms with Crippen LogP contribution in [-0.2, 0) is 4.79 Å². The molecule has 2 rings (SSSR count). The van der Waals surface area contributed by atoms with E-state index < -0.39 is 0 Å². The topological polar surface area (TPSA) is 59.2 Å². The summed E-state index contributed by atoms with van der Waals surface area (Å²) in [6, 6.07) is 1.51. The van der Waals surface area contributed by atoms with Gasteiger partial charge in [-0.2, -0.15) is 0 Å². The fourth-order valence-corrected chi connectivity index (χ4v) is 2.42. The minimum absolute atomic E-state index is 0.241. The van der Waals surface area contributed by atoms with Gasteiger partial charge in [0.05, 0.1) is 9.50 Å². The zero-order valence-corrected chi connectivity index (χ0v) is 10.1. The van der Waals surface area contributed by atoms with Gasteiger partial charge in [0.15, 0.2) is 0 Å². The fraction of sp³-hybridized carbons (Fsp3) is 0.333. The van der Waals surface area contributed by atoms with E-state index >= 15 is 0 Å². The Morgan fingerprint density at radius 1 is 1.73 bits per heavy atom. The third kappa shape index (κ3) is 1.94. The molecule has 1 aromatic heterocycles. The second-order valence-electron chi connectivity index (χ2n) is 3.36. The van der Waals surface area contributed by atoms with Crippen LogP contribution < -0.4 is 10.6 Å². The molecule has 1 aliphatic heterocycles. The molecule has 0 spiro atoms. The van der Waals surface area contributed by atoms with Gasteiger partial charge >= 0.3 is 0 Å². The van der Waals surface area contributed by atoms with Crippen molar-refractivity contribution in [3.8, 4) is 0 Å². The molecule has 4 nitrogen and oxygen atoms in total. The summed E-state index contributed by atoms with van der Waals surface area (Å²) in [4.78, 5) is 17.1. The third-order valence-corrected chi connectivity index (χ3v) is 3.20. The van der Waals surface area contributed by atoms with Crippen LogP contribution in [0.4, 0.5) is 5.82 Å². The fourth-order valence-electron chi connectivity index (χ4n) is 1.56. The van der Waals surface area contributed by atoms with Crippen molar-refractivity contribution in [1.29, 1.82) is 0 Å². The molecule has 0 aromatic carbocycles. The smallest absolute Gasteiger partial charge is 0.240 e. The maximum atomic E-state index is 11.1. The molecule has 0 aliphatic carbocycles. The first kappa shape index (κ1) is 10.7. The highest BCUT2D eigenvalue weighted by Crippen LogP contribution is 2.32. The van der Waals surface area contributed by atoms with Crippen LogP contribution in [0.15, 0.2) is 16.7 Å². The van der Waals surface area contributed by atoms with Gasteiger partial charge in [-0.15, -0.1) is 0 Å². The highest BCUT2D eigenvalue weighted by Gasteiger charge is 2.34. The zero-order valence-electron chi connectivity index (χ0n) is 7.78. The number of halogens is 2. The molecule has 1 aliphatic rings. The van der Waals surface area contributed by atoms with Crippen LogP contribution in [0.1, 0.15) is 6.42 Å². The van der Waals surface area contributed by atoms with E-state index in [4.69, 9.17) is 17.3 Å². The van der Waals surface area contributed by atoms with Crippen LogP contribution in [0.3, 0.4) is 0 Å². The van der Waals surface area contributed by atoms with Crippen LogP contribution in [0, 0.1) is 0 Å². The number of aromatic nitrogens is 1. The summed E-state index contributed by atoms with van der Waals surface area (Å²) in [6.07, 6.45) is 2.34. The Kier molecular flexibility index (Phi) is 2.84. The van der Waals surface area contributed by atoms with Gasteiger partial charge in [0.2, 0.25) is 5.91 Å². The summed E-state index contributed by atoms with van der Waals surface area (Å²) < 4.78 is 0.779. The Labute approximate surface area is 101 Å². The Morgan fingerprint density at radius 2 is 2.47 bits per heavy atom. The number of anilines is 1. The lowest BCUT2D eigenvalue weighted by atomic mass is 10.0. The standard InChI is InChI=1S/C9H9BrClN3O/c10-6-3-5(11)4-13-9(6)14-2-1-7(14)8(12)15/h3-4,7H,1-2H2,(H2,12,15). The van der Waals surface area contributed by atoms with Crippen LogP contribution in [0.5, 0.6) is 0 Å².